The molecular weight excluding hydrogens is 349 g/mol. The molecule has 1 amide bonds. The van der Waals surface area contributed by atoms with Gasteiger partial charge >= 0.3 is 0 Å². The first-order chi connectivity index (χ1) is 10.4. The summed E-state index contributed by atoms with van der Waals surface area (Å²) < 4.78 is 28.1. The van der Waals surface area contributed by atoms with Crippen LogP contribution >= 0.6 is 23.2 Å². The van der Waals surface area contributed by atoms with Gasteiger partial charge in [0.1, 0.15) is 17.4 Å². The first-order valence-electron chi connectivity index (χ1n) is 6.91. The molecule has 1 fully saturated rings. The summed E-state index contributed by atoms with van der Waals surface area (Å²) in [7, 11) is -2.94. The molecule has 1 aromatic carbocycles. The maximum atomic E-state index is 11.7. The standard InChI is InChI=1S/C14H17Cl2NO4S/c15-11-2-1-3-12(14(11)16)21-6-5-17-13(18)8-10-4-7-22(19,20)9-10/h1-3,10H,4-9H2,(H,17,18)/t10-/m0/s1. The number of sulfone groups is 1. The van der Waals surface area contributed by atoms with Crippen LogP contribution in [0, 0.1) is 5.92 Å². The molecule has 0 unspecified atom stereocenters. The number of benzene rings is 1. The molecule has 122 valence electrons. The smallest absolute Gasteiger partial charge is 0.220 e. The Morgan fingerprint density at radius 3 is 2.82 bits per heavy atom. The number of halogens is 2. The van der Waals surface area contributed by atoms with Gasteiger partial charge in [-0.3, -0.25) is 4.79 Å². The summed E-state index contributed by atoms with van der Waals surface area (Å²) in [5, 5.41) is 3.45. The first-order valence-corrected chi connectivity index (χ1v) is 9.49. The fourth-order valence-corrected chi connectivity index (χ4v) is 4.52. The van der Waals surface area contributed by atoms with Gasteiger partial charge in [-0.1, -0.05) is 29.3 Å². The van der Waals surface area contributed by atoms with Crippen LogP contribution in [0.2, 0.25) is 10.0 Å². The highest BCUT2D eigenvalue weighted by atomic mass is 35.5. The number of ether oxygens (including phenoxy) is 1. The third-order valence-corrected chi connectivity index (χ3v) is 6.04. The number of carbonyl (C=O) groups is 1. The zero-order chi connectivity index (χ0) is 16.2. The predicted molar refractivity (Wildman–Crippen MR) is 86.3 cm³/mol. The van der Waals surface area contributed by atoms with E-state index in [1.807, 2.05) is 0 Å². The molecule has 1 atom stereocenters. The quantitative estimate of drug-likeness (QED) is 0.785. The minimum atomic E-state index is -2.94. The molecule has 2 rings (SSSR count). The molecule has 0 spiro atoms. The fraction of sp³-hybridized carbons (Fsp3) is 0.500. The Hall–Kier alpha value is -0.980. The highest BCUT2D eigenvalue weighted by Crippen LogP contribution is 2.31. The molecule has 1 saturated heterocycles. The van der Waals surface area contributed by atoms with E-state index in [-0.39, 0.29) is 36.4 Å². The zero-order valence-corrected chi connectivity index (χ0v) is 14.2. The van der Waals surface area contributed by atoms with Crippen LogP contribution in [0.25, 0.3) is 0 Å². The van der Waals surface area contributed by atoms with Crippen molar-refractivity contribution in [1.29, 1.82) is 0 Å². The molecule has 1 aliphatic rings. The van der Waals surface area contributed by atoms with Crippen LogP contribution in [0.5, 0.6) is 5.75 Å². The molecule has 8 heteroatoms. The largest absolute Gasteiger partial charge is 0.490 e. The van der Waals surface area contributed by atoms with Gasteiger partial charge in [0.2, 0.25) is 5.91 Å². The van der Waals surface area contributed by atoms with Crippen molar-refractivity contribution in [2.45, 2.75) is 12.8 Å². The van der Waals surface area contributed by atoms with Crippen molar-refractivity contribution in [2.24, 2.45) is 5.92 Å². The number of rotatable bonds is 6. The van der Waals surface area contributed by atoms with Crippen LogP contribution in [0.1, 0.15) is 12.8 Å². The van der Waals surface area contributed by atoms with E-state index in [1.54, 1.807) is 18.2 Å². The Bertz CT molecular complexity index is 648. The highest BCUT2D eigenvalue weighted by Gasteiger charge is 2.29. The summed E-state index contributed by atoms with van der Waals surface area (Å²) in [4.78, 5) is 11.7. The topological polar surface area (TPSA) is 72.5 Å². The monoisotopic (exact) mass is 365 g/mol. The van der Waals surface area contributed by atoms with Crippen molar-refractivity contribution >= 4 is 38.9 Å². The second-order valence-corrected chi connectivity index (χ2v) is 8.24. The third-order valence-electron chi connectivity index (χ3n) is 3.40. The lowest BCUT2D eigenvalue weighted by atomic mass is 10.1. The fourth-order valence-electron chi connectivity index (χ4n) is 2.31. The van der Waals surface area contributed by atoms with Gasteiger partial charge in [-0.05, 0) is 24.5 Å². The summed E-state index contributed by atoms with van der Waals surface area (Å²) in [5.74, 6) is 0.512. The number of hydrogen-bond acceptors (Lipinski definition) is 4. The Morgan fingerprint density at radius 2 is 2.14 bits per heavy atom. The molecule has 5 nitrogen and oxygen atoms in total. The second kappa shape index (κ2) is 7.53. The summed E-state index contributed by atoms with van der Waals surface area (Å²) in [6.07, 6.45) is 0.793. The maximum absolute atomic E-state index is 11.7. The normalized spacial score (nSPS) is 19.8. The van der Waals surface area contributed by atoms with Crippen molar-refractivity contribution in [3.63, 3.8) is 0 Å². The van der Waals surface area contributed by atoms with Crippen molar-refractivity contribution in [3.8, 4) is 5.75 Å². The van der Waals surface area contributed by atoms with E-state index in [9.17, 15) is 13.2 Å². The Balaban J connectivity index is 1.68. The van der Waals surface area contributed by atoms with Gasteiger partial charge in [0.15, 0.2) is 9.84 Å². The number of carbonyl (C=O) groups excluding carboxylic acids is 1. The number of amides is 1. The molecule has 0 bridgehead atoms. The van der Waals surface area contributed by atoms with E-state index in [1.165, 1.54) is 0 Å². The lowest BCUT2D eigenvalue weighted by Gasteiger charge is -2.11. The molecular formula is C14H17Cl2NO4S. The van der Waals surface area contributed by atoms with Crippen LogP contribution in [-0.2, 0) is 14.6 Å². The van der Waals surface area contributed by atoms with Crippen molar-refractivity contribution in [2.75, 3.05) is 24.7 Å². The zero-order valence-electron chi connectivity index (χ0n) is 11.8. The van der Waals surface area contributed by atoms with Crippen LogP contribution in [0.15, 0.2) is 18.2 Å². The van der Waals surface area contributed by atoms with Crippen LogP contribution in [-0.4, -0.2) is 39.0 Å². The molecule has 1 heterocycles. The van der Waals surface area contributed by atoms with Gasteiger partial charge in [0.25, 0.3) is 0 Å². The van der Waals surface area contributed by atoms with E-state index in [4.69, 9.17) is 27.9 Å². The lowest BCUT2D eigenvalue weighted by Crippen LogP contribution is -2.29. The van der Waals surface area contributed by atoms with E-state index in [0.29, 0.717) is 28.8 Å². The lowest BCUT2D eigenvalue weighted by molar-refractivity contribution is -0.121. The Labute approximate surface area is 139 Å². The van der Waals surface area contributed by atoms with E-state index in [0.717, 1.165) is 0 Å². The first kappa shape index (κ1) is 17.4. The van der Waals surface area contributed by atoms with Gasteiger partial charge in [-0.25, -0.2) is 8.42 Å². The number of hydrogen-bond donors (Lipinski definition) is 1. The summed E-state index contributed by atoms with van der Waals surface area (Å²) in [5.41, 5.74) is 0. The van der Waals surface area contributed by atoms with E-state index < -0.39 is 9.84 Å². The number of nitrogens with one attached hydrogen (secondary N) is 1. The molecule has 0 saturated carbocycles. The summed E-state index contributed by atoms with van der Waals surface area (Å²) in [6, 6.07) is 5.08. The summed E-state index contributed by atoms with van der Waals surface area (Å²) >= 11 is 11.8. The second-order valence-electron chi connectivity index (χ2n) is 5.22. The van der Waals surface area contributed by atoms with Crippen molar-refractivity contribution < 1.29 is 17.9 Å². The molecule has 1 aliphatic heterocycles. The molecule has 1 aromatic rings. The Kier molecular flexibility index (Phi) is 5.94. The average molecular weight is 366 g/mol. The van der Waals surface area contributed by atoms with Crippen molar-refractivity contribution in [1.82, 2.24) is 5.32 Å². The van der Waals surface area contributed by atoms with Crippen LogP contribution < -0.4 is 10.1 Å². The van der Waals surface area contributed by atoms with Crippen LogP contribution in [0.4, 0.5) is 0 Å². The molecule has 1 N–H and O–H groups in total. The predicted octanol–water partition coefficient (Wildman–Crippen LogP) is 2.31. The SMILES string of the molecule is O=C(C[C@@H]1CCS(=O)(=O)C1)NCCOc1cccc(Cl)c1Cl. The van der Waals surface area contributed by atoms with Gasteiger partial charge < -0.3 is 10.1 Å². The highest BCUT2D eigenvalue weighted by molar-refractivity contribution is 7.91. The molecule has 0 radical (unpaired) electrons. The van der Waals surface area contributed by atoms with Gasteiger partial charge in [0, 0.05) is 6.42 Å². The average Bonchev–Trinajstić information content (AvgIpc) is 2.78. The minimum Gasteiger partial charge on any atom is -0.490 e. The van der Waals surface area contributed by atoms with Gasteiger partial charge in [0.05, 0.1) is 23.1 Å². The molecule has 22 heavy (non-hydrogen) atoms. The third kappa shape index (κ3) is 5.04. The van der Waals surface area contributed by atoms with E-state index >= 15 is 0 Å². The minimum absolute atomic E-state index is 0.0757. The maximum Gasteiger partial charge on any atom is 0.220 e. The molecule has 0 aliphatic carbocycles. The van der Waals surface area contributed by atoms with E-state index in [2.05, 4.69) is 5.32 Å². The van der Waals surface area contributed by atoms with Crippen LogP contribution in [0.3, 0.4) is 0 Å². The summed E-state index contributed by atoms with van der Waals surface area (Å²) in [6.45, 7) is 0.579. The Morgan fingerprint density at radius 1 is 1.36 bits per heavy atom. The van der Waals surface area contributed by atoms with Crippen molar-refractivity contribution in [3.05, 3.63) is 28.2 Å². The van der Waals surface area contributed by atoms with Gasteiger partial charge in [-0.2, -0.15) is 0 Å². The molecule has 0 aromatic heterocycles. The van der Waals surface area contributed by atoms with Gasteiger partial charge in [-0.15, -0.1) is 0 Å².